The highest BCUT2D eigenvalue weighted by Gasteiger charge is 2.09. The van der Waals surface area contributed by atoms with Crippen molar-refractivity contribution in [1.29, 1.82) is 0 Å². The van der Waals surface area contributed by atoms with Crippen molar-refractivity contribution in [3.8, 4) is 0 Å². The molecule has 0 saturated carbocycles. The van der Waals surface area contributed by atoms with Gasteiger partial charge in [0.1, 0.15) is 5.82 Å². The van der Waals surface area contributed by atoms with Gasteiger partial charge in [-0.2, -0.15) is 0 Å². The van der Waals surface area contributed by atoms with E-state index in [1.807, 2.05) is 6.92 Å². The number of aryl methyl sites for hydroxylation is 1. The summed E-state index contributed by atoms with van der Waals surface area (Å²) in [6.45, 7) is 5.64. The molecule has 0 amide bonds. The molecule has 2 heteroatoms. The van der Waals surface area contributed by atoms with Crippen LogP contribution < -0.4 is 5.73 Å². The molecule has 0 saturated heterocycles. The number of hydrogen-bond acceptors (Lipinski definition) is 1. The molecule has 0 aliphatic heterocycles. The molecule has 0 aliphatic rings. The molecule has 1 aromatic carbocycles. The van der Waals surface area contributed by atoms with Gasteiger partial charge < -0.3 is 5.73 Å². The van der Waals surface area contributed by atoms with E-state index in [0.717, 1.165) is 24.0 Å². The molecular weight excluding hydrogens is 177 g/mol. The summed E-state index contributed by atoms with van der Waals surface area (Å²) in [5, 5.41) is 0. The molecule has 0 fully saturated rings. The first-order valence-corrected chi connectivity index (χ1v) is 4.83. The summed E-state index contributed by atoms with van der Waals surface area (Å²) in [7, 11) is 0. The second-order valence-corrected chi connectivity index (χ2v) is 3.33. The fourth-order valence-corrected chi connectivity index (χ4v) is 1.55. The lowest BCUT2D eigenvalue weighted by atomic mass is 9.97. The molecule has 1 unspecified atom stereocenters. The first-order chi connectivity index (χ1) is 6.69. The minimum absolute atomic E-state index is 0.0666. The third-order valence-corrected chi connectivity index (χ3v) is 2.31. The van der Waals surface area contributed by atoms with Gasteiger partial charge in [-0.15, -0.1) is 6.58 Å². The van der Waals surface area contributed by atoms with Crippen LogP contribution in [0.1, 0.15) is 30.5 Å². The van der Waals surface area contributed by atoms with E-state index in [9.17, 15) is 4.39 Å². The highest BCUT2D eigenvalue weighted by molar-refractivity contribution is 5.30. The normalized spacial score (nSPS) is 12.5. The fourth-order valence-electron chi connectivity index (χ4n) is 1.55. The van der Waals surface area contributed by atoms with E-state index in [1.165, 1.54) is 6.07 Å². The van der Waals surface area contributed by atoms with Crippen LogP contribution in [0.4, 0.5) is 4.39 Å². The van der Waals surface area contributed by atoms with Gasteiger partial charge >= 0.3 is 0 Å². The van der Waals surface area contributed by atoms with Crippen LogP contribution in [-0.4, -0.2) is 0 Å². The van der Waals surface area contributed by atoms with E-state index in [1.54, 1.807) is 18.2 Å². The smallest absolute Gasteiger partial charge is 0.123 e. The van der Waals surface area contributed by atoms with Gasteiger partial charge in [0.25, 0.3) is 0 Å². The Morgan fingerprint density at radius 2 is 2.29 bits per heavy atom. The third kappa shape index (κ3) is 2.42. The number of benzene rings is 1. The zero-order chi connectivity index (χ0) is 10.6. The zero-order valence-electron chi connectivity index (χ0n) is 8.46. The lowest BCUT2D eigenvalue weighted by Crippen LogP contribution is -2.11. The molecule has 1 aromatic rings. The first kappa shape index (κ1) is 10.9. The molecule has 1 nitrogen and oxygen atoms in total. The molecule has 0 spiro atoms. The first-order valence-electron chi connectivity index (χ1n) is 4.83. The van der Waals surface area contributed by atoms with Crippen molar-refractivity contribution in [2.75, 3.05) is 0 Å². The van der Waals surface area contributed by atoms with Crippen molar-refractivity contribution >= 4 is 0 Å². The van der Waals surface area contributed by atoms with Crippen molar-refractivity contribution < 1.29 is 4.39 Å². The Morgan fingerprint density at radius 3 is 2.86 bits per heavy atom. The van der Waals surface area contributed by atoms with Crippen molar-refractivity contribution in [3.63, 3.8) is 0 Å². The van der Waals surface area contributed by atoms with Crippen LogP contribution in [-0.2, 0) is 6.42 Å². The average molecular weight is 193 g/mol. The Labute approximate surface area is 84.4 Å². The maximum absolute atomic E-state index is 12.9. The van der Waals surface area contributed by atoms with E-state index in [-0.39, 0.29) is 11.9 Å². The Kier molecular flexibility index (Phi) is 3.84. The van der Waals surface area contributed by atoms with E-state index in [2.05, 4.69) is 6.58 Å². The van der Waals surface area contributed by atoms with Gasteiger partial charge in [-0.25, -0.2) is 4.39 Å². The molecular formula is C12H16FN. The molecule has 0 heterocycles. The van der Waals surface area contributed by atoms with E-state index < -0.39 is 0 Å². The highest BCUT2D eigenvalue weighted by atomic mass is 19.1. The lowest BCUT2D eigenvalue weighted by Gasteiger charge is -2.14. The van der Waals surface area contributed by atoms with Crippen LogP contribution in [0, 0.1) is 5.82 Å². The largest absolute Gasteiger partial charge is 0.324 e. The summed E-state index contributed by atoms with van der Waals surface area (Å²) in [5.74, 6) is -0.198. The Hall–Kier alpha value is -1.15. The SMILES string of the molecule is C=CCC(N)c1ccc(F)cc1CC. The fraction of sp³-hybridized carbons (Fsp3) is 0.333. The molecule has 76 valence electrons. The van der Waals surface area contributed by atoms with E-state index >= 15 is 0 Å². The van der Waals surface area contributed by atoms with Crippen molar-refractivity contribution in [1.82, 2.24) is 0 Å². The average Bonchev–Trinajstić information content (AvgIpc) is 2.17. The van der Waals surface area contributed by atoms with Crippen LogP contribution in [0.15, 0.2) is 30.9 Å². The second kappa shape index (κ2) is 4.91. The van der Waals surface area contributed by atoms with Crippen molar-refractivity contribution in [2.24, 2.45) is 5.73 Å². The van der Waals surface area contributed by atoms with Gasteiger partial charge in [0.05, 0.1) is 0 Å². The molecule has 1 atom stereocenters. The van der Waals surface area contributed by atoms with Crippen LogP contribution in [0.5, 0.6) is 0 Å². The van der Waals surface area contributed by atoms with Gasteiger partial charge in [-0.05, 0) is 36.1 Å². The number of hydrogen-bond donors (Lipinski definition) is 1. The van der Waals surface area contributed by atoms with Gasteiger partial charge in [0, 0.05) is 6.04 Å². The quantitative estimate of drug-likeness (QED) is 0.731. The predicted molar refractivity (Wildman–Crippen MR) is 57.5 cm³/mol. The number of halogens is 1. The van der Waals surface area contributed by atoms with Gasteiger partial charge in [0.15, 0.2) is 0 Å². The number of nitrogens with two attached hydrogens (primary N) is 1. The van der Waals surface area contributed by atoms with Crippen molar-refractivity contribution in [2.45, 2.75) is 25.8 Å². The zero-order valence-corrected chi connectivity index (χ0v) is 8.46. The monoisotopic (exact) mass is 193 g/mol. The van der Waals surface area contributed by atoms with Gasteiger partial charge in [-0.3, -0.25) is 0 Å². The minimum atomic E-state index is -0.198. The van der Waals surface area contributed by atoms with Crippen LogP contribution in [0.2, 0.25) is 0 Å². The van der Waals surface area contributed by atoms with E-state index in [4.69, 9.17) is 5.73 Å². The summed E-state index contributed by atoms with van der Waals surface area (Å²) in [6.07, 6.45) is 3.31. The minimum Gasteiger partial charge on any atom is -0.324 e. The molecule has 0 aliphatic carbocycles. The second-order valence-electron chi connectivity index (χ2n) is 3.33. The summed E-state index contributed by atoms with van der Waals surface area (Å²) >= 11 is 0. The Morgan fingerprint density at radius 1 is 1.57 bits per heavy atom. The highest BCUT2D eigenvalue weighted by Crippen LogP contribution is 2.20. The molecule has 2 N–H and O–H groups in total. The summed E-state index contributed by atoms with van der Waals surface area (Å²) in [4.78, 5) is 0. The standard InChI is InChI=1S/C12H16FN/c1-3-5-12(14)11-7-6-10(13)8-9(11)4-2/h3,6-8,12H,1,4-5,14H2,2H3. The van der Waals surface area contributed by atoms with Gasteiger partial charge in [0.2, 0.25) is 0 Å². The van der Waals surface area contributed by atoms with Crippen molar-refractivity contribution in [3.05, 3.63) is 47.8 Å². The Balaban J connectivity index is 3.00. The summed E-state index contributed by atoms with van der Waals surface area (Å²) in [5.41, 5.74) is 7.95. The lowest BCUT2D eigenvalue weighted by molar-refractivity contribution is 0.621. The Bertz CT molecular complexity index is 320. The molecule has 1 rings (SSSR count). The molecule has 0 aromatic heterocycles. The topological polar surface area (TPSA) is 26.0 Å². The van der Waals surface area contributed by atoms with Crippen LogP contribution in [0.25, 0.3) is 0 Å². The molecule has 0 bridgehead atoms. The van der Waals surface area contributed by atoms with E-state index in [0.29, 0.717) is 0 Å². The summed E-state index contributed by atoms with van der Waals surface area (Å²) < 4.78 is 12.9. The van der Waals surface area contributed by atoms with Crippen LogP contribution in [0.3, 0.4) is 0 Å². The predicted octanol–water partition coefficient (Wildman–Crippen LogP) is 2.96. The van der Waals surface area contributed by atoms with Gasteiger partial charge in [-0.1, -0.05) is 19.1 Å². The maximum Gasteiger partial charge on any atom is 0.123 e. The molecule has 14 heavy (non-hydrogen) atoms. The van der Waals surface area contributed by atoms with Crippen LogP contribution >= 0.6 is 0 Å². The summed E-state index contributed by atoms with van der Waals surface area (Å²) in [6, 6.07) is 4.71. The third-order valence-electron chi connectivity index (χ3n) is 2.31. The molecule has 0 radical (unpaired) electrons. The maximum atomic E-state index is 12.9. The number of rotatable bonds is 4.